The van der Waals surface area contributed by atoms with Crippen molar-refractivity contribution in [3.8, 4) is 0 Å². The van der Waals surface area contributed by atoms with Gasteiger partial charge < -0.3 is 0 Å². The summed E-state index contributed by atoms with van der Waals surface area (Å²) in [4.78, 5) is 0. The third kappa shape index (κ3) is 2.00. The molecule has 0 bridgehead atoms. The van der Waals surface area contributed by atoms with Gasteiger partial charge in [-0.1, -0.05) is 91.9 Å². The number of allylic oxidation sites excluding steroid dienone is 1. The van der Waals surface area contributed by atoms with Crippen LogP contribution in [0.3, 0.4) is 0 Å². The fourth-order valence-electron chi connectivity index (χ4n) is 3.55. The van der Waals surface area contributed by atoms with Crippen molar-refractivity contribution >= 4 is 11.1 Å². The van der Waals surface area contributed by atoms with Crippen LogP contribution in [-0.2, 0) is 0 Å². The molecule has 4 rings (SSSR count). The van der Waals surface area contributed by atoms with Gasteiger partial charge in [-0.2, -0.15) is 0 Å². The minimum absolute atomic E-state index is 0.425. The van der Waals surface area contributed by atoms with Crippen LogP contribution in [-0.4, -0.2) is 0 Å². The van der Waals surface area contributed by atoms with E-state index in [0.29, 0.717) is 5.92 Å². The molecule has 0 N–H and O–H groups in total. The average molecular weight is 282 g/mol. The lowest BCUT2D eigenvalue weighted by Crippen LogP contribution is -1.93. The minimum Gasteiger partial charge on any atom is -0.0622 e. The van der Waals surface area contributed by atoms with Gasteiger partial charge in [0, 0.05) is 5.92 Å². The van der Waals surface area contributed by atoms with Gasteiger partial charge in [0.1, 0.15) is 0 Å². The maximum absolute atomic E-state index is 2.32. The lowest BCUT2D eigenvalue weighted by atomic mass is 9.91. The van der Waals surface area contributed by atoms with Gasteiger partial charge in [0.25, 0.3) is 0 Å². The molecule has 3 aromatic rings. The first-order valence-corrected chi connectivity index (χ1v) is 7.80. The minimum atomic E-state index is 0.425. The molecule has 106 valence electrons. The third-order valence-corrected chi connectivity index (χ3v) is 4.55. The van der Waals surface area contributed by atoms with Crippen LogP contribution in [0.15, 0.2) is 84.9 Å². The lowest BCUT2D eigenvalue weighted by molar-refractivity contribution is 1.01. The lowest BCUT2D eigenvalue weighted by Gasteiger charge is -2.13. The Hall–Kier alpha value is -2.60. The fraction of sp³-hybridized carbons (Fsp3) is 0.0909. The average Bonchev–Trinajstić information content (AvgIpc) is 2.90. The fourth-order valence-corrected chi connectivity index (χ4v) is 3.55. The SMILES string of the molecule is CC1C(c2ccccc2)=C(c2ccccc2)c2ccccc21. The molecule has 3 aromatic carbocycles. The summed E-state index contributed by atoms with van der Waals surface area (Å²) >= 11 is 0. The van der Waals surface area contributed by atoms with Crippen molar-refractivity contribution in [1.29, 1.82) is 0 Å². The van der Waals surface area contributed by atoms with Crippen LogP contribution in [0.5, 0.6) is 0 Å². The van der Waals surface area contributed by atoms with Crippen molar-refractivity contribution in [2.24, 2.45) is 0 Å². The maximum Gasteiger partial charge on any atom is 0.00794 e. The van der Waals surface area contributed by atoms with Crippen LogP contribution in [0.25, 0.3) is 11.1 Å². The van der Waals surface area contributed by atoms with E-state index in [-0.39, 0.29) is 0 Å². The highest BCUT2D eigenvalue weighted by Crippen LogP contribution is 2.49. The summed E-state index contributed by atoms with van der Waals surface area (Å²) in [5.74, 6) is 0.425. The van der Waals surface area contributed by atoms with Gasteiger partial charge in [0.05, 0.1) is 0 Å². The molecule has 0 aliphatic heterocycles. The van der Waals surface area contributed by atoms with E-state index < -0.39 is 0 Å². The molecule has 0 amide bonds. The van der Waals surface area contributed by atoms with E-state index in [9.17, 15) is 0 Å². The molecule has 0 fully saturated rings. The highest BCUT2D eigenvalue weighted by atomic mass is 14.3. The molecule has 0 saturated heterocycles. The Morgan fingerprint density at radius 2 is 1.14 bits per heavy atom. The largest absolute Gasteiger partial charge is 0.0622 e. The summed E-state index contributed by atoms with van der Waals surface area (Å²) in [5, 5.41) is 0. The first-order chi connectivity index (χ1) is 10.9. The Bertz CT molecular complexity index is 826. The highest BCUT2D eigenvalue weighted by Gasteiger charge is 2.29. The summed E-state index contributed by atoms with van der Waals surface area (Å²) in [6.45, 7) is 2.32. The number of hydrogen-bond donors (Lipinski definition) is 0. The van der Waals surface area contributed by atoms with E-state index in [1.807, 2.05) is 0 Å². The topological polar surface area (TPSA) is 0 Å². The Kier molecular flexibility index (Phi) is 3.16. The van der Waals surface area contributed by atoms with Crippen LogP contribution in [0.4, 0.5) is 0 Å². The quantitative estimate of drug-likeness (QED) is 0.560. The molecule has 0 radical (unpaired) electrons. The van der Waals surface area contributed by atoms with Crippen LogP contribution in [0.2, 0.25) is 0 Å². The van der Waals surface area contributed by atoms with Crippen LogP contribution >= 0.6 is 0 Å². The van der Waals surface area contributed by atoms with Crippen molar-refractivity contribution in [1.82, 2.24) is 0 Å². The van der Waals surface area contributed by atoms with E-state index in [1.54, 1.807) is 0 Å². The van der Waals surface area contributed by atoms with Gasteiger partial charge in [-0.3, -0.25) is 0 Å². The molecule has 0 nitrogen and oxygen atoms in total. The van der Waals surface area contributed by atoms with E-state index in [1.165, 1.54) is 33.4 Å². The molecule has 1 atom stereocenters. The molecule has 0 saturated carbocycles. The van der Waals surface area contributed by atoms with Crippen LogP contribution < -0.4 is 0 Å². The number of benzene rings is 3. The van der Waals surface area contributed by atoms with E-state index in [4.69, 9.17) is 0 Å². The Morgan fingerprint density at radius 3 is 1.82 bits per heavy atom. The van der Waals surface area contributed by atoms with Gasteiger partial charge in [0.15, 0.2) is 0 Å². The maximum atomic E-state index is 2.32. The molecular formula is C22H18. The molecule has 0 spiro atoms. The molecule has 1 aliphatic carbocycles. The van der Waals surface area contributed by atoms with Gasteiger partial charge in [-0.05, 0) is 33.4 Å². The van der Waals surface area contributed by atoms with E-state index in [0.717, 1.165) is 0 Å². The number of rotatable bonds is 2. The second-order valence-corrected chi connectivity index (χ2v) is 5.83. The highest BCUT2D eigenvalue weighted by molar-refractivity contribution is 6.05. The van der Waals surface area contributed by atoms with Crippen molar-refractivity contribution in [2.45, 2.75) is 12.8 Å². The van der Waals surface area contributed by atoms with Gasteiger partial charge in [0.2, 0.25) is 0 Å². The normalized spacial score (nSPS) is 16.7. The summed E-state index contributed by atoms with van der Waals surface area (Å²) in [6.07, 6.45) is 0. The zero-order chi connectivity index (χ0) is 14.9. The van der Waals surface area contributed by atoms with Crippen molar-refractivity contribution < 1.29 is 0 Å². The third-order valence-electron chi connectivity index (χ3n) is 4.55. The Morgan fingerprint density at radius 1 is 0.591 bits per heavy atom. The standard InChI is InChI=1S/C22H18/c1-16-19-14-8-9-15-20(19)22(18-12-6-3-7-13-18)21(16)17-10-4-2-5-11-17/h2-16H,1H3. The molecule has 22 heavy (non-hydrogen) atoms. The van der Waals surface area contributed by atoms with Crippen LogP contribution in [0.1, 0.15) is 35.1 Å². The molecular weight excluding hydrogens is 264 g/mol. The van der Waals surface area contributed by atoms with E-state index in [2.05, 4.69) is 91.9 Å². The van der Waals surface area contributed by atoms with Crippen LogP contribution in [0, 0.1) is 0 Å². The monoisotopic (exact) mass is 282 g/mol. The van der Waals surface area contributed by atoms with Gasteiger partial charge in [-0.15, -0.1) is 0 Å². The first kappa shape index (κ1) is 13.1. The zero-order valence-electron chi connectivity index (χ0n) is 12.7. The summed E-state index contributed by atoms with van der Waals surface area (Å²) < 4.78 is 0. The zero-order valence-corrected chi connectivity index (χ0v) is 12.7. The molecule has 1 aliphatic rings. The molecule has 1 unspecified atom stereocenters. The molecule has 0 heterocycles. The number of fused-ring (bicyclic) bond motifs is 1. The van der Waals surface area contributed by atoms with Gasteiger partial charge in [-0.25, -0.2) is 0 Å². The second-order valence-electron chi connectivity index (χ2n) is 5.83. The molecule has 0 heteroatoms. The van der Waals surface area contributed by atoms with E-state index >= 15 is 0 Å². The summed E-state index contributed by atoms with van der Waals surface area (Å²) in [7, 11) is 0. The van der Waals surface area contributed by atoms with Gasteiger partial charge >= 0.3 is 0 Å². The Labute approximate surface area is 131 Å². The predicted molar refractivity (Wildman–Crippen MR) is 93.7 cm³/mol. The summed E-state index contributed by atoms with van der Waals surface area (Å²) in [6, 6.07) is 30.3. The molecule has 0 aromatic heterocycles. The van der Waals surface area contributed by atoms with Crippen molar-refractivity contribution in [3.63, 3.8) is 0 Å². The van der Waals surface area contributed by atoms with Crippen molar-refractivity contribution in [2.75, 3.05) is 0 Å². The summed E-state index contributed by atoms with van der Waals surface area (Å²) in [5.41, 5.74) is 8.26. The predicted octanol–water partition coefficient (Wildman–Crippen LogP) is 5.76. The number of hydrogen-bond acceptors (Lipinski definition) is 0. The second kappa shape index (κ2) is 5.31. The Balaban J connectivity index is 2.02. The van der Waals surface area contributed by atoms with Crippen molar-refractivity contribution in [3.05, 3.63) is 107 Å². The first-order valence-electron chi connectivity index (χ1n) is 7.80. The smallest absolute Gasteiger partial charge is 0.00794 e.